The summed E-state index contributed by atoms with van der Waals surface area (Å²) in [6.07, 6.45) is 0.879. The number of thioether (sulfide) groups is 2. The van der Waals surface area contributed by atoms with Gasteiger partial charge >= 0.3 is 0 Å². The van der Waals surface area contributed by atoms with E-state index in [2.05, 4.69) is 13.8 Å². The molecule has 0 saturated heterocycles. The van der Waals surface area contributed by atoms with Crippen molar-refractivity contribution in [2.45, 2.75) is 35.6 Å². The predicted molar refractivity (Wildman–Crippen MR) is 91.8 cm³/mol. The summed E-state index contributed by atoms with van der Waals surface area (Å²) >= 11 is 3.23. The second kappa shape index (κ2) is 6.38. The van der Waals surface area contributed by atoms with Crippen LogP contribution in [0.25, 0.3) is 5.69 Å². The van der Waals surface area contributed by atoms with Crippen molar-refractivity contribution in [1.82, 2.24) is 9.55 Å². The average Bonchev–Trinajstić information content (AvgIpc) is 2.96. The van der Waals surface area contributed by atoms with Crippen molar-refractivity contribution in [3.8, 4) is 11.4 Å². The smallest absolute Gasteiger partial charge is 0.272 e. The minimum absolute atomic E-state index is 0.0424. The van der Waals surface area contributed by atoms with Crippen LogP contribution in [-0.4, -0.2) is 27.7 Å². The number of aromatic nitrogens is 2. The molecule has 2 heterocycles. The number of benzene rings is 1. The Labute approximate surface area is 138 Å². The zero-order valence-corrected chi connectivity index (χ0v) is 14.5. The van der Waals surface area contributed by atoms with Crippen LogP contribution in [0.4, 0.5) is 0 Å². The van der Waals surface area contributed by atoms with Crippen molar-refractivity contribution in [1.29, 1.82) is 0 Å². The molecule has 1 aromatic heterocycles. The molecule has 0 N–H and O–H groups in total. The molecular weight excluding hydrogens is 316 g/mol. The molecule has 0 bridgehead atoms. The second-order valence-corrected chi connectivity index (χ2v) is 7.92. The SMILES string of the molecule is COc1ccc(-n2c(SC(C)C)nc3c(c2=O)SCC3)cc1. The molecule has 0 unspecified atom stereocenters. The van der Waals surface area contributed by atoms with E-state index in [4.69, 9.17) is 9.72 Å². The van der Waals surface area contributed by atoms with E-state index in [9.17, 15) is 4.79 Å². The maximum absolute atomic E-state index is 12.9. The first-order valence-electron chi connectivity index (χ1n) is 7.20. The highest BCUT2D eigenvalue weighted by atomic mass is 32.2. The maximum Gasteiger partial charge on any atom is 0.272 e. The highest BCUT2D eigenvalue weighted by Gasteiger charge is 2.22. The van der Waals surface area contributed by atoms with E-state index in [0.717, 1.165) is 39.4 Å². The summed E-state index contributed by atoms with van der Waals surface area (Å²) in [5.41, 5.74) is 1.82. The molecule has 116 valence electrons. The van der Waals surface area contributed by atoms with Gasteiger partial charge in [0, 0.05) is 17.4 Å². The summed E-state index contributed by atoms with van der Waals surface area (Å²) in [5, 5.41) is 1.13. The van der Waals surface area contributed by atoms with Crippen LogP contribution in [-0.2, 0) is 6.42 Å². The number of hydrogen-bond acceptors (Lipinski definition) is 5. The Morgan fingerprint density at radius 3 is 2.68 bits per heavy atom. The van der Waals surface area contributed by atoms with E-state index in [-0.39, 0.29) is 5.56 Å². The molecule has 0 fully saturated rings. The molecule has 0 aliphatic carbocycles. The first-order chi connectivity index (χ1) is 10.6. The van der Waals surface area contributed by atoms with E-state index in [1.54, 1.807) is 35.2 Å². The summed E-state index contributed by atoms with van der Waals surface area (Å²) in [6, 6.07) is 7.54. The maximum atomic E-state index is 12.9. The van der Waals surface area contributed by atoms with Crippen LogP contribution in [0.3, 0.4) is 0 Å². The third-order valence-electron chi connectivity index (χ3n) is 3.34. The Kier molecular flexibility index (Phi) is 4.49. The van der Waals surface area contributed by atoms with Crippen LogP contribution in [0.1, 0.15) is 19.5 Å². The van der Waals surface area contributed by atoms with Gasteiger partial charge < -0.3 is 4.74 Å². The van der Waals surface area contributed by atoms with E-state index in [1.165, 1.54) is 0 Å². The normalized spacial score (nSPS) is 13.5. The molecule has 0 saturated carbocycles. The molecule has 0 atom stereocenters. The number of ether oxygens (including phenoxy) is 1. The fraction of sp³-hybridized carbons (Fsp3) is 0.375. The van der Waals surface area contributed by atoms with Gasteiger partial charge in [0.15, 0.2) is 5.16 Å². The first kappa shape index (κ1) is 15.5. The van der Waals surface area contributed by atoms with Gasteiger partial charge in [0.05, 0.1) is 23.4 Å². The van der Waals surface area contributed by atoms with Crippen LogP contribution in [0, 0.1) is 0 Å². The highest BCUT2D eigenvalue weighted by molar-refractivity contribution is 8.00. The van der Waals surface area contributed by atoms with Crippen LogP contribution in [0.2, 0.25) is 0 Å². The molecule has 3 rings (SSSR count). The number of fused-ring (bicyclic) bond motifs is 1. The highest BCUT2D eigenvalue weighted by Crippen LogP contribution is 2.31. The molecule has 0 amide bonds. The minimum Gasteiger partial charge on any atom is -0.497 e. The fourth-order valence-electron chi connectivity index (χ4n) is 2.34. The third kappa shape index (κ3) is 2.90. The molecule has 6 heteroatoms. The second-order valence-electron chi connectivity index (χ2n) is 5.27. The lowest BCUT2D eigenvalue weighted by Gasteiger charge is -2.15. The Balaban J connectivity index is 2.17. The van der Waals surface area contributed by atoms with E-state index >= 15 is 0 Å². The predicted octanol–water partition coefficient (Wildman–Crippen LogP) is 3.39. The lowest BCUT2D eigenvalue weighted by molar-refractivity contribution is 0.414. The van der Waals surface area contributed by atoms with Crippen molar-refractivity contribution in [3.63, 3.8) is 0 Å². The van der Waals surface area contributed by atoms with Crippen molar-refractivity contribution >= 4 is 23.5 Å². The fourth-order valence-corrected chi connectivity index (χ4v) is 4.25. The zero-order valence-electron chi connectivity index (χ0n) is 12.8. The van der Waals surface area contributed by atoms with Crippen LogP contribution >= 0.6 is 23.5 Å². The molecule has 0 spiro atoms. The lowest BCUT2D eigenvalue weighted by Crippen LogP contribution is -2.24. The zero-order chi connectivity index (χ0) is 15.7. The van der Waals surface area contributed by atoms with Crippen LogP contribution in [0.5, 0.6) is 5.75 Å². The molecule has 0 radical (unpaired) electrons. The van der Waals surface area contributed by atoms with Crippen molar-refractivity contribution < 1.29 is 4.74 Å². The molecule has 22 heavy (non-hydrogen) atoms. The van der Waals surface area contributed by atoms with E-state index in [0.29, 0.717) is 5.25 Å². The number of aryl methyl sites for hydroxylation is 1. The summed E-state index contributed by atoms with van der Waals surface area (Å²) in [7, 11) is 1.63. The van der Waals surface area contributed by atoms with Gasteiger partial charge in [-0.1, -0.05) is 25.6 Å². The molecule has 2 aromatic rings. The Morgan fingerprint density at radius 2 is 2.05 bits per heavy atom. The van der Waals surface area contributed by atoms with Crippen molar-refractivity contribution in [2.24, 2.45) is 0 Å². The van der Waals surface area contributed by atoms with Crippen LogP contribution < -0.4 is 10.3 Å². The molecule has 1 aromatic carbocycles. The molecular formula is C16H18N2O2S2. The topological polar surface area (TPSA) is 44.1 Å². The Hall–Kier alpha value is -1.40. The van der Waals surface area contributed by atoms with Gasteiger partial charge in [0.25, 0.3) is 5.56 Å². The summed E-state index contributed by atoms with van der Waals surface area (Å²) in [5.74, 6) is 1.72. The third-order valence-corrected chi connectivity index (χ3v) is 5.40. The van der Waals surface area contributed by atoms with Gasteiger partial charge in [-0.25, -0.2) is 4.98 Å². The van der Waals surface area contributed by atoms with Gasteiger partial charge in [-0.2, -0.15) is 0 Å². The first-order valence-corrected chi connectivity index (χ1v) is 9.06. The van der Waals surface area contributed by atoms with Gasteiger partial charge in [-0.05, 0) is 24.3 Å². The summed E-state index contributed by atoms with van der Waals surface area (Å²) < 4.78 is 6.92. The standard InChI is InChI=1S/C16H18N2O2S2/c1-10(2)22-16-17-13-8-9-21-14(13)15(19)18(16)11-4-6-12(20-3)7-5-11/h4-7,10H,8-9H2,1-3H3. The van der Waals surface area contributed by atoms with Gasteiger partial charge in [-0.3, -0.25) is 9.36 Å². The number of nitrogens with zero attached hydrogens (tertiary/aromatic N) is 2. The minimum atomic E-state index is 0.0424. The van der Waals surface area contributed by atoms with Gasteiger partial charge in [0.2, 0.25) is 0 Å². The molecule has 1 aliphatic heterocycles. The van der Waals surface area contributed by atoms with Gasteiger partial charge in [0.1, 0.15) is 5.75 Å². The number of methoxy groups -OCH3 is 1. The molecule has 1 aliphatic rings. The quantitative estimate of drug-likeness (QED) is 0.633. The Morgan fingerprint density at radius 1 is 1.32 bits per heavy atom. The average molecular weight is 334 g/mol. The monoisotopic (exact) mass is 334 g/mol. The van der Waals surface area contributed by atoms with Gasteiger partial charge in [-0.15, -0.1) is 11.8 Å². The number of rotatable bonds is 4. The lowest BCUT2D eigenvalue weighted by atomic mass is 10.3. The molecule has 4 nitrogen and oxygen atoms in total. The van der Waals surface area contributed by atoms with Crippen LogP contribution in [0.15, 0.2) is 39.1 Å². The Bertz CT molecular complexity index is 739. The summed E-state index contributed by atoms with van der Waals surface area (Å²) in [6.45, 7) is 4.22. The van der Waals surface area contributed by atoms with E-state index in [1.807, 2.05) is 24.3 Å². The van der Waals surface area contributed by atoms with Crippen molar-refractivity contribution in [2.75, 3.05) is 12.9 Å². The summed E-state index contributed by atoms with van der Waals surface area (Å²) in [4.78, 5) is 18.4. The van der Waals surface area contributed by atoms with Crippen molar-refractivity contribution in [3.05, 3.63) is 40.3 Å². The van der Waals surface area contributed by atoms with E-state index < -0.39 is 0 Å². The number of hydrogen-bond donors (Lipinski definition) is 0. The largest absolute Gasteiger partial charge is 0.497 e.